The first-order chi connectivity index (χ1) is 33.6. The highest BCUT2D eigenvalue weighted by atomic mass is 16.6. The summed E-state index contributed by atoms with van der Waals surface area (Å²) in [7, 11) is 0. The molecule has 0 aromatic carbocycles. The molecule has 0 saturated carbocycles. The predicted octanol–water partition coefficient (Wildman–Crippen LogP) is 20.2. The molecular formula is C63H112O5. The van der Waals surface area contributed by atoms with Crippen LogP contribution < -0.4 is 0 Å². The number of unbranched alkanes of at least 4 members (excludes halogenated alkanes) is 31. The van der Waals surface area contributed by atoms with E-state index >= 15 is 0 Å². The van der Waals surface area contributed by atoms with Gasteiger partial charge in [0.2, 0.25) is 0 Å². The molecule has 0 rings (SSSR count). The van der Waals surface area contributed by atoms with Crippen molar-refractivity contribution >= 4 is 11.9 Å². The molecule has 5 heteroatoms. The van der Waals surface area contributed by atoms with Gasteiger partial charge in [-0.25, -0.2) is 0 Å². The number of esters is 2. The molecule has 0 bridgehead atoms. The molecule has 68 heavy (non-hydrogen) atoms. The molecule has 0 saturated heterocycles. The molecule has 0 aliphatic heterocycles. The summed E-state index contributed by atoms with van der Waals surface area (Å²) in [6, 6.07) is 0. The first kappa shape index (κ1) is 65.3. The standard InChI is InChI=1S/C63H112O5/c1-4-7-10-13-16-19-22-25-28-31-32-34-35-38-41-44-47-50-53-56-62(64)67-60-61(59-66-58-55-52-49-46-43-40-37-30-27-24-21-18-15-12-9-6-3)68-63(65)57-54-51-48-45-42-39-36-33-29-26-23-20-17-14-11-8-5-2/h8,11,17,20,25-30,36,39,61H,4-7,9-10,12-16,18-19,21-24,31-35,37-38,40-60H2,1-3H3/b11-8-,20-17-,28-25-,29-26-,30-27-,39-36-. The van der Waals surface area contributed by atoms with Gasteiger partial charge in [0.1, 0.15) is 6.61 Å². The first-order valence-corrected chi connectivity index (χ1v) is 29.5. The number of carbonyl (C=O) groups is 2. The second-order valence-electron chi connectivity index (χ2n) is 19.5. The van der Waals surface area contributed by atoms with Gasteiger partial charge in [0.15, 0.2) is 6.10 Å². The second kappa shape index (κ2) is 58.7. The molecule has 0 radical (unpaired) electrons. The summed E-state index contributed by atoms with van der Waals surface area (Å²) in [5.41, 5.74) is 0. The average Bonchev–Trinajstić information content (AvgIpc) is 3.34. The van der Waals surface area contributed by atoms with Crippen molar-refractivity contribution in [1.29, 1.82) is 0 Å². The van der Waals surface area contributed by atoms with Crippen LogP contribution in [0.1, 0.15) is 290 Å². The zero-order valence-corrected chi connectivity index (χ0v) is 45.4. The van der Waals surface area contributed by atoms with Gasteiger partial charge in [-0.3, -0.25) is 9.59 Å². The zero-order chi connectivity index (χ0) is 49.2. The van der Waals surface area contributed by atoms with Gasteiger partial charge in [-0.1, -0.05) is 241 Å². The normalized spacial score (nSPS) is 12.7. The lowest BCUT2D eigenvalue weighted by Gasteiger charge is -2.18. The molecule has 0 aliphatic rings. The van der Waals surface area contributed by atoms with E-state index in [0.717, 1.165) is 83.5 Å². The summed E-state index contributed by atoms with van der Waals surface area (Å²) in [4.78, 5) is 25.5. The fourth-order valence-corrected chi connectivity index (χ4v) is 8.32. The third-order valence-corrected chi connectivity index (χ3v) is 12.7. The first-order valence-electron chi connectivity index (χ1n) is 29.5. The van der Waals surface area contributed by atoms with Crippen molar-refractivity contribution < 1.29 is 23.8 Å². The monoisotopic (exact) mass is 949 g/mol. The number of hydrogen-bond acceptors (Lipinski definition) is 5. The third-order valence-electron chi connectivity index (χ3n) is 12.7. The fraction of sp³-hybridized carbons (Fsp3) is 0.778. The van der Waals surface area contributed by atoms with Crippen LogP contribution >= 0.6 is 0 Å². The molecule has 0 spiro atoms. The van der Waals surface area contributed by atoms with Crippen LogP contribution in [0, 0.1) is 0 Å². The van der Waals surface area contributed by atoms with Crippen molar-refractivity contribution in [2.45, 2.75) is 297 Å². The molecule has 0 aromatic rings. The van der Waals surface area contributed by atoms with E-state index in [2.05, 4.69) is 93.7 Å². The van der Waals surface area contributed by atoms with Crippen molar-refractivity contribution in [3.05, 3.63) is 72.9 Å². The highest BCUT2D eigenvalue weighted by Gasteiger charge is 2.17. The molecule has 5 nitrogen and oxygen atoms in total. The maximum absolute atomic E-state index is 12.9. The van der Waals surface area contributed by atoms with Crippen LogP contribution in [-0.2, 0) is 23.8 Å². The molecule has 1 unspecified atom stereocenters. The average molecular weight is 950 g/mol. The highest BCUT2D eigenvalue weighted by molar-refractivity contribution is 5.70. The van der Waals surface area contributed by atoms with Gasteiger partial charge in [0.25, 0.3) is 0 Å². The molecule has 0 N–H and O–H groups in total. The van der Waals surface area contributed by atoms with E-state index in [9.17, 15) is 9.59 Å². The van der Waals surface area contributed by atoms with Gasteiger partial charge in [-0.15, -0.1) is 0 Å². The topological polar surface area (TPSA) is 61.8 Å². The molecular weight excluding hydrogens is 837 g/mol. The van der Waals surface area contributed by atoms with Gasteiger partial charge >= 0.3 is 11.9 Å². The van der Waals surface area contributed by atoms with Crippen molar-refractivity contribution in [3.63, 3.8) is 0 Å². The van der Waals surface area contributed by atoms with E-state index in [4.69, 9.17) is 14.2 Å². The lowest BCUT2D eigenvalue weighted by Crippen LogP contribution is -2.30. The van der Waals surface area contributed by atoms with Crippen LogP contribution in [0.5, 0.6) is 0 Å². The van der Waals surface area contributed by atoms with Gasteiger partial charge in [0.05, 0.1) is 6.61 Å². The van der Waals surface area contributed by atoms with Crippen LogP contribution in [-0.4, -0.2) is 37.9 Å². The minimum absolute atomic E-state index is 0.0712. The van der Waals surface area contributed by atoms with E-state index in [0.29, 0.717) is 19.4 Å². The molecule has 0 amide bonds. The van der Waals surface area contributed by atoms with Gasteiger partial charge in [-0.2, -0.15) is 0 Å². The number of carbonyl (C=O) groups excluding carboxylic acids is 2. The van der Waals surface area contributed by atoms with E-state index in [-0.39, 0.29) is 25.2 Å². The number of hydrogen-bond donors (Lipinski definition) is 0. The van der Waals surface area contributed by atoms with Crippen LogP contribution in [0.2, 0.25) is 0 Å². The molecule has 394 valence electrons. The van der Waals surface area contributed by atoms with Crippen molar-refractivity contribution in [3.8, 4) is 0 Å². The highest BCUT2D eigenvalue weighted by Crippen LogP contribution is 2.15. The minimum atomic E-state index is -0.556. The Morgan fingerprint density at radius 1 is 0.338 bits per heavy atom. The van der Waals surface area contributed by atoms with Crippen LogP contribution in [0.15, 0.2) is 72.9 Å². The van der Waals surface area contributed by atoms with E-state index in [1.807, 2.05) is 0 Å². The molecule has 0 fully saturated rings. The van der Waals surface area contributed by atoms with Crippen molar-refractivity contribution in [2.75, 3.05) is 19.8 Å². The predicted molar refractivity (Wildman–Crippen MR) is 297 cm³/mol. The van der Waals surface area contributed by atoms with E-state index in [1.165, 1.54) is 173 Å². The van der Waals surface area contributed by atoms with Crippen LogP contribution in [0.25, 0.3) is 0 Å². The van der Waals surface area contributed by atoms with Gasteiger partial charge in [-0.05, 0) is 109 Å². The van der Waals surface area contributed by atoms with Crippen LogP contribution in [0.3, 0.4) is 0 Å². The van der Waals surface area contributed by atoms with E-state index < -0.39 is 6.10 Å². The smallest absolute Gasteiger partial charge is 0.306 e. The number of allylic oxidation sites excluding steroid dienone is 12. The van der Waals surface area contributed by atoms with Crippen LogP contribution in [0.4, 0.5) is 0 Å². The number of ether oxygens (including phenoxy) is 3. The summed E-state index contributed by atoms with van der Waals surface area (Å²) in [5.74, 6) is -0.421. The Hall–Kier alpha value is -2.66. The zero-order valence-electron chi connectivity index (χ0n) is 45.4. The Balaban J connectivity index is 4.31. The Kier molecular flexibility index (Phi) is 56.4. The van der Waals surface area contributed by atoms with Gasteiger partial charge in [0, 0.05) is 19.4 Å². The Labute approximate surface area is 423 Å². The summed E-state index contributed by atoms with van der Waals surface area (Å²) >= 11 is 0. The minimum Gasteiger partial charge on any atom is -0.462 e. The Morgan fingerprint density at radius 3 is 1.07 bits per heavy atom. The molecule has 0 aromatic heterocycles. The van der Waals surface area contributed by atoms with Gasteiger partial charge < -0.3 is 14.2 Å². The van der Waals surface area contributed by atoms with E-state index in [1.54, 1.807) is 0 Å². The molecule has 0 aliphatic carbocycles. The molecule has 0 heterocycles. The summed E-state index contributed by atoms with van der Waals surface area (Å²) in [6.07, 6.45) is 76.4. The second-order valence-corrected chi connectivity index (χ2v) is 19.5. The lowest BCUT2D eigenvalue weighted by molar-refractivity contribution is -0.163. The SMILES string of the molecule is CC/C=C\C/C=C\C/C=C\C/C=C\CCCCCCC(=O)OC(COCCCCCCCC/C=C\CCCCCCCC)COC(=O)CCCCCCCCCCC/C=C\CCCCCCCC. The summed E-state index contributed by atoms with van der Waals surface area (Å²) < 4.78 is 17.5. The third kappa shape index (κ3) is 55.9. The lowest BCUT2D eigenvalue weighted by atomic mass is 10.1. The van der Waals surface area contributed by atoms with Crippen molar-refractivity contribution in [2.24, 2.45) is 0 Å². The van der Waals surface area contributed by atoms with Crippen molar-refractivity contribution in [1.82, 2.24) is 0 Å². The quantitative estimate of drug-likeness (QED) is 0.0345. The Bertz CT molecular complexity index is 1210. The molecule has 1 atom stereocenters. The summed E-state index contributed by atoms with van der Waals surface area (Å²) in [6.45, 7) is 7.70. The maximum Gasteiger partial charge on any atom is 0.306 e. The fourth-order valence-electron chi connectivity index (χ4n) is 8.32. The summed E-state index contributed by atoms with van der Waals surface area (Å²) in [5, 5.41) is 0. The Morgan fingerprint density at radius 2 is 0.662 bits per heavy atom. The number of rotatable bonds is 54. The maximum atomic E-state index is 12.9. The largest absolute Gasteiger partial charge is 0.462 e.